The summed E-state index contributed by atoms with van der Waals surface area (Å²) in [5.41, 5.74) is 1.96. The van der Waals surface area contributed by atoms with E-state index >= 15 is 0 Å². The number of hydrogen-bond acceptors (Lipinski definition) is 8. The lowest BCUT2D eigenvalue weighted by Gasteiger charge is -2.15. The Labute approximate surface area is 172 Å². The van der Waals surface area contributed by atoms with Crippen molar-refractivity contribution in [1.82, 2.24) is 19.5 Å². The predicted molar refractivity (Wildman–Crippen MR) is 105 cm³/mol. The Bertz CT molecular complexity index is 951. The molecule has 1 aromatic carbocycles. The van der Waals surface area contributed by atoms with E-state index in [9.17, 15) is 0 Å². The van der Waals surface area contributed by atoms with Crippen LogP contribution in [-0.4, -0.2) is 72.4 Å². The average Bonchev–Trinajstić information content (AvgIpc) is 3.16. The topological polar surface area (TPSA) is 89.8 Å². The van der Waals surface area contributed by atoms with Gasteiger partial charge in [-0.15, -0.1) is 0 Å². The summed E-state index contributed by atoms with van der Waals surface area (Å²) >= 11 is 6.11. The van der Waals surface area contributed by atoms with Gasteiger partial charge >= 0.3 is 0 Å². The first-order valence-electron chi connectivity index (χ1n) is 9.30. The first-order chi connectivity index (χ1) is 14.3. The van der Waals surface area contributed by atoms with E-state index in [1.54, 1.807) is 6.33 Å². The van der Waals surface area contributed by atoms with E-state index < -0.39 is 0 Å². The lowest BCUT2D eigenvalue weighted by Crippen LogP contribution is -2.13. The van der Waals surface area contributed by atoms with E-state index in [0.29, 0.717) is 80.7 Å². The van der Waals surface area contributed by atoms with E-state index in [2.05, 4.69) is 15.0 Å². The van der Waals surface area contributed by atoms with Crippen LogP contribution >= 0.6 is 11.6 Å². The van der Waals surface area contributed by atoms with Crippen LogP contribution < -0.4 is 9.47 Å². The van der Waals surface area contributed by atoms with Crippen molar-refractivity contribution in [2.24, 2.45) is 0 Å². The van der Waals surface area contributed by atoms with Crippen LogP contribution in [0.3, 0.4) is 0 Å². The zero-order chi connectivity index (χ0) is 19.9. The summed E-state index contributed by atoms with van der Waals surface area (Å²) in [4.78, 5) is 12.6. The third-order valence-electron chi connectivity index (χ3n) is 4.21. The predicted octanol–water partition coefficient (Wildman–Crippen LogP) is 2.29. The van der Waals surface area contributed by atoms with Crippen LogP contribution in [0.15, 0.2) is 30.9 Å². The summed E-state index contributed by atoms with van der Waals surface area (Å²) in [5, 5.41) is 0.309. The van der Waals surface area contributed by atoms with Crippen LogP contribution in [0.5, 0.6) is 11.5 Å². The number of fused-ring (bicyclic) bond motifs is 2. The maximum absolute atomic E-state index is 6.11. The standard InChI is InChI=1S/C19H21ClN4O5/c20-18-17-19(22-12-21-18)24(13-23-17)14-1-2-15-16(11-14)29-10-8-27-6-4-25-3-5-26-7-9-28-15/h1-2,11-13H,3-10H2. The van der Waals surface area contributed by atoms with Gasteiger partial charge in [-0.25, -0.2) is 15.0 Å². The number of imidazole rings is 1. The van der Waals surface area contributed by atoms with Crippen molar-refractivity contribution < 1.29 is 23.7 Å². The van der Waals surface area contributed by atoms with Gasteiger partial charge in [-0.2, -0.15) is 0 Å². The molecular formula is C19H21ClN4O5. The molecule has 3 aromatic rings. The van der Waals surface area contributed by atoms with Gasteiger partial charge in [0.2, 0.25) is 0 Å². The van der Waals surface area contributed by atoms with E-state index in [-0.39, 0.29) is 0 Å². The SMILES string of the molecule is Clc1ncnc2c1ncn2-c1ccc2c(c1)OCCOCCOCCOCCO2. The van der Waals surface area contributed by atoms with Gasteiger partial charge in [-0.1, -0.05) is 11.6 Å². The summed E-state index contributed by atoms with van der Waals surface area (Å²) in [6, 6.07) is 5.62. The molecule has 29 heavy (non-hydrogen) atoms. The van der Waals surface area contributed by atoms with Gasteiger partial charge in [0.25, 0.3) is 0 Å². The Kier molecular flexibility index (Phi) is 6.73. The Morgan fingerprint density at radius 2 is 1.41 bits per heavy atom. The molecule has 0 N–H and O–H groups in total. The molecule has 0 fully saturated rings. The third kappa shape index (κ3) is 4.94. The second kappa shape index (κ2) is 9.84. The lowest BCUT2D eigenvalue weighted by molar-refractivity contribution is 0.00708. The Morgan fingerprint density at radius 3 is 2.14 bits per heavy atom. The van der Waals surface area contributed by atoms with Crippen molar-refractivity contribution in [3.05, 3.63) is 36.0 Å². The molecule has 1 aliphatic heterocycles. The number of benzene rings is 1. The summed E-state index contributed by atoms with van der Waals surface area (Å²) in [6.45, 7) is 3.78. The zero-order valence-electron chi connectivity index (χ0n) is 15.8. The van der Waals surface area contributed by atoms with Crippen molar-refractivity contribution in [2.45, 2.75) is 0 Å². The normalized spacial score (nSPS) is 16.9. The van der Waals surface area contributed by atoms with Crippen molar-refractivity contribution >= 4 is 22.8 Å². The van der Waals surface area contributed by atoms with E-state index in [4.69, 9.17) is 35.3 Å². The van der Waals surface area contributed by atoms with Crippen LogP contribution in [0.1, 0.15) is 0 Å². The van der Waals surface area contributed by atoms with Gasteiger partial charge in [-0.3, -0.25) is 4.57 Å². The molecule has 0 saturated heterocycles. The second-order valence-electron chi connectivity index (χ2n) is 6.12. The summed E-state index contributed by atoms with van der Waals surface area (Å²) in [6.07, 6.45) is 3.06. The van der Waals surface area contributed by atoms with Crippen molar-refractivity contribution in [2.75, 3.05) is 52.9 Å². The molecule has 9 nitrogen and oxygen atoms in total. The van der Waals surface area contributed by atoms with Crippen LogP contribution in [0.4, 0.5) is 0 Å². The Morgan fingerprint density at radius 1 is 0.759 bits per heavy atom. The highest BCUT2D eigenvalue weighted by Gasteiger charge is 2.13. The van der Waals surface area contributed by atoms with Gasteiger partial charge in [0, 0.05) is 6.07 Å². The van der Waals surface area contributed by atoms with Gasteiger partial charge < -0.3 is 23.7 Å². The van der Waals surface area contributed by atoms with Gasteiger partial charge in [-0.05, 0) is 12.1 Å². The fourth-order valence-electron chi connectivity index (χ4n) is 2.84. The fourth-order valence-corrected chi connectivity index (χ4v) is 3.01. The molecule has 10 heteroatoms. The molecule has 0 amide bonds. The van der Waals surface area contributed by atoms with E-state index in [1.165, 1.54) is 6.33 Å². The number of nitrogens with zero attached hydrogens (tertiary/aromatic N) is 4. The van der Waals surface area contributed by atoms with Gasteiger partial charge in [0.15, 0.2) is 22.3 Å². The molecule has 0 aliphatic carbocycles. The van der Waals surface area contributed by atoms with Crippen LogP contribution in [0.2, 0.25) is 5.15 Å². The average molecular weight is 421 g/mol. The summed E-state index contributed by atoms with van der Waals surface area (Å²) < 4.78 is 30.0. The first kappa shape index (κ1) is 19.8. The van der Waals surface area contributed by atoms with E-state index in [0.717, 1.165) is 5.69 Å². The molecule has 154 valence electrons. The maximum atomic E-state index is 6.11. The molecule has 0 unspecified atom stereocenters. The van der Waals surface area contributed by atoms with Crippen LogP contribution in [0.25, 0.3) is 16.9 Å². The molecule has 0 saturated carbocycles. The molecular weight excluding hydrogens is 400 g/mol. The molecule has 2 aromatic heterocycles. The Balaban J connectivity index is 1.58. The monoisotopic (exact) mass is 420 g/mol. The minimum absolute atomic E-state index is 0.309. The summed E-state index contributed by atoms with van der Waals surface area (Å²) in [5.74, 6) is 1.22. The van der Waals surface area contributed by atoms with E-state index in [1.807, 2.05) is 22.8 Å². The van der Waals surface area contributed by atoms with Crippen LogP contribution in [-0.2, 0) is 14.2 Å². The third-order valence-corrected chi connectivity index (χ3v) is 4.49. The highest BCUT2D eigenvalue weighted by Crippen LogP contribution is 2.31. The molecule has 4 rings (SSSR count). The largest absolute Gasteiger partial charge is 0.487 e. The summed E-state index contributed by atoms with van der Waals surface area (Å²) in [7, 11) is 0. The molecule has 0 radical (unpaired) electrons. The van der Waals surface area contributed by atoms with Gasteiger partial charge in [0.05, 0.1) is 45.3 Å². The highest BCUT2D eigenvalue weighted by atomic mass is 35.5. The van der Waals surface area contributed by atoms with Crippen molar-refractivity contribution in [3.63, 3.8) is 0 Å². The number of hydrogen-bond donors (Lipinski definition) is 0. The van der Waals surface area contributed by atoms with Gasteiger partial charge in [0.1, 0.15) is 31.4 Å². The fraction of sp³-hybridized carbons (Fsp3) is 0.421. The minimum atomic E-state index is 0.309. The number of rotatable bonds is 1. The lowest BCUT2D eigenvalue weighted by atomic mass is 10.2. The number of ether oxygens (including phenoxy) is 5. The number of aromatic nitrogens is 4. The van der Waals surface area contributed by atoms with Crippen molar-refractivity contribution in [1.29, 1.82) is 0 Å². The second-order valence-corrected chi connectivity index (χ2v) is 6.47. The smallest absolute Gasteiger partial charge is 0.169 e. The molecule has 0 atom stereocenters. The molecule has 0 spiro atoms. The maximum Gasteiger partial charge on any atom is 0.169 e. The molecule has 3 heterocycles. The quantitative estimate of drug-likeness (QED) is 0.554. The Hall–Kier alpha value is -2.46. The minimum Gasteiger partial charge on any atom is -0.487 e. The van der Waals surface area contributed by atoms with Crippen molar-refractivity contribution in [3.8, 4) is 17.2 Å². The zero-order valence-corrected chi connectivity index (χ0v) is 16.5. The first-order valence-corrected chi connectivity index (χ1v) is 9.67. The van der Waals surface area contributed by atoms with Crippen LogP contribution in [0, 0.1) is 0 Å². The molecule has 1 aliphatic rings. The molecule has 0 bridgehead atoms. The highest BCUT2D eigenvalue weighted by molar-refractivity contribution is 6.33. The number of halogens is 1.